The summed E-state index contributed by atoms with van der Waals surface area (Å²) in [6.07, 6.45) is 2.97. The quantitative estimate of drug-likeness (QED) is 0.749. The third kappa shape index (κ3) is 2.56. The fourth-order valence-electron chi connectivity index (χ4n) is 1.85. The molecule has 0 radical (unpaired) electrons. The Bertz CT molecular complexity index is 276. The molecule has 1 heterocycles. The van der Waals surface area contributed by atoms with Crippen molar-refractivity contribution < 1.29 is 0 Å². The van der Waals surface area contributed by atoms with E-state index in [4.69, 9.17) is 0 Å². The van der Waals surface area contributed by atoms with Gasteiger partial charge in [0, 0.05) is 29.2 Å². The van der Waals surface area contributed by atoms with Crippen LogP contribution >= 0.6 is 15.9 Å². The van der Waals surface area contributed by atoms with Gasteiger partial charge in [-0.3, -0.25) is 4.68 Å². The molecular formula is C10H17BrN2. The highest BCUT2D eigenvalue weighted by Gasteiger charge is 2.25. The molecule has 0 saturated carbocycles. The highest BCUT2D eigenvalue weighted by atomic mass is 79.9. The highest BCUT2D eigenvalue weighted by molar-refractivity contribution is 9.09. The number of rotatable bonds is 3. The summed E-state index contributed by atoms with van der Waals surface area (Å²) < 4.78 is 1.95. The Balaban J connectivity index is 2.87. The summed E-state index contributed by atoms with van der Waals surface area (Å²) in [7, 11) is 2.00. The summed E-state index contributed by atoms with van der Waals surface area (Å²) in [5, 5.41) is 4.19. The van der Waals surface area contributed by atoms with E-state index in [1.165, 1.54) is 5.69 Å². The van der Waals surface area contributed by atoms with Gasteiger partial charge < -0.3 is 0 Å². The number of aryl methyl sites for hydroxylation is 1. The molecule has 0 bridgehead atoms. The smallest absolute Gasteiger partial charge is 0.0492 e. The minimum absolute atomic E-state index is 0.189. The summed E-state index contributed by atoms with van der Waals surface area (Å²) in [6, 6.07) is 2.09. The average molecular weight is 245 g/mol. The van der Waals surface area contributed by atoms with E-state index in [2.05, 4.69) is 47.9 Å². The van der Waals surface area contributed by atoms with Crippen molar-refractivity contribution >= 4 is 15.9 Å². The SMILES string of the molecule is CC(Br)CC(C)(C)c1ccnn1C. The van der Waals surface area contributed by atoms with Gasteiger partial charge in [0.2, 0.25) is 0 Å². The van der Waals surface area contributed by atoms with Crippen molar-refractivity contribution in [1.29, 1.82) is 0 Å². The van der Waals surface area contributed by atoms with Gasteiger partial charge in [-0.05, 0) is 12.5 Å². The van der Waals surface area contributed by atoms with E-state index in [-0.39, 0.29) is 5.41 Å². The Hall–Kier alpha value is -0.310. The first kappa shape index (κ1) is 10.8. The maximum Gasteiger partial charge on any atom is 0.0492 e. The Morgan fingerprint density at radius 2 is 2.23 bits per heavy atom. The topological polar surface area (TPSA) is 17.8 Å². The van der Waals surface area contributed by atoms with Crippen LogP contribution in [0.1, 0.15) is 32.9 Å². The third-order valence-corrected chi connectivity index (χ3v) is 2.63. The second kappa shape index (κ2) is 3.82. The molecule has 0 aliphatic heterocycles. The summed E-state index contributed by atoms with van der Waals surface area (Å²) in [6.45, 7) is 6.68. The van der Waals surface area contributed by atoms with Crippen LogP contribution in [-0.4, -0.2) is 14.6 Å². The normalized spacial score (nSPS) is 14.5. The average Bonchev–Trinajstić information content (AvgIpc) is 2.32. The minimum Gasteiger partial charge on any atom is -0.272 e. The predicted molar refractivity (Wildman–Crippen MR) is 59.2 cm³/mol. The monoisotopic (exact) mass is 244 g/mol. The van der Waals surface area contributed by atoms with Crippen molar-refractivity contribution in [2.24, 2.45) is 7.05 Å². The van der Waals surface area contributed by atoms with Gasteiger partial charge in [-0.15, -0.1) is 0 Å². The number of alkyl halides is 1. The summed E-state index contributed by atoms with van der Waals surface area (Å²) in [5.74, 6) is 0. The Labute approximate surface area is 88.5 Å². The van der Waals surface area contributed by atoms with Gasteiger partial charge in [-0.2, -0.15) is 5.10 Å². The van der Waals surface area contributed by atoms with E-state index < -0.39 is 0 Å². The molecule has 1 unspecified atom stereocenters. The zero-order valence-electron chi connectivity index (χ0n) is 8.71. The van der Waals surface area contributed by atoms with Crippen LogP contribution in [0.2, 0.25) is 0 Å². The van der Waals surface area contributed by atoms with Crippen LogP contribution < -0.4 is 0 Å². The van der Waals surface area contributed by atoms with Crippen LogP contribution in [-0.2, 0) is 12.5 Å². The van der Waals surface area contributed by atoms with Crippen LogP contribution in [0.5, 0.6) is 0 Å². The van der Waals surface area contributed by atoms with Gasteiger partial charge in [0.25, 0.3) is 0 Å². The fraction of sp³-hybridized carbons (Fsp3) is 0.700. The van der Waals surface area contributed by atoms with E-state index >= 15 is 0 Å². The van der Waals surface area contributed by atoms with Gasteiger partial charge in [0.1, 0.15) is 0 Å². The first-order valence-electron chi connectivity index (χ1n) is 4.56. The van der Waals surface area contributed by atoms with Crippen molar-refractivity contribution in [1.82, 2.24) is 9.78 Å². The van der Waals surface area contributed by atoms with Crippen LogP contribution in [0.25, 0.3) is 0 Å². The van der Waals surface area contributed by atoms with E-state index in [0.29, 0.717) is 4.83 Å². The number of halogens is 1. The van der Waals surface area contributed by atoms with Crippen molar-refractivity contribution in [3.8, 4) is 0 Å². The van der Waals surface area contributed by atoms with Crippen LogP contribution in [0.15, 0.2) is 12.3 Å². The standard InChI is InChI=1S/C10H17BrN2/c1-8(11)7-10(2,3)9-5-6-12-13(9)4/h5-6,8H,7H2,1-4H3. The predicted octanol–water partition coefficient (Wildman–Crippen LogP) is 2.87. The fourth-order valence-corrected chi connectivity index (χ4v) is 2.65. The maximum absolute atomic E-state index is 4.19. The Morgan fingerprint density at radius 1 is 1.62 bits per heavy atom. The third-order valence-electron chi connectivity index (χ3n) is 2.31. The molecule has 1 aromatic rings. The Kier molecular flexibility index (Phi) is 3.17. The second-order valence-electron chi connectivity index (χ2n) is 4.21. The highest BCUT2D eigenvalue weighted by Crippen LogP contribution is 2.29. The van der Waals surface area contributed by atoms with E-state index in [1.807, 2.05) is 17.9 Å². The Morgan fingerprint density at radius 3 is 2.62 bits per heavy atom. The molecule has 0 aromatic carbocycles. The molecule has 1 rings (SSSR count). The molecule has 1 aromatic heterocycles. The van der Waals surface area contributed by atoms with Crippen LogP contribution in [0.3, 0.4) is 0 Å². The molecule has 74 valence electrons. The molecule has 0 saturated heterocycles. The first-order valence-corrected chi connectivity index (χ1v) is 5.47. The number of aromatic nitrogens is 2. The molecule has 0 amide bonds. The van der Waals surface area contributed by atoms with Crippen LogP contribution in [0, 0.1) is 0 Å². The molecule has 0 N–H and O–H groups in total. The molecule has 0 aliphatic carbocycles. The summed E-state index contributed by atoms with van der Waals surface area (Å²) in [5.41, 5.74) is 1.48. The molecule has 2 nitrogen and oxygen atoms in total. The van der Waals surface area contributed by atoms with Crippen molar-refractivity contribution in [2.75, 3.05) is 0 Å². The lowest BCUT2D eigenvalue weighted by molar-refractivity contribution is 0.443. The molecule has 0 aliphatic rings. The molecule has 1 atom stereocenters. The van der Waals surface area contributed by atoms with Gasteiger partial charge in [0.15, 0.2) is 0 Å². The second-order valence-corrected chi connectivity index (χ2v) is 5.77. The lowest BCUT2D eigenvalue weighted by Crippen LogP contribution is -2.23. The van der Waals surface area contributed by atoms with Crippen molar-refractivity contribution in [2.45, 2.75) is 37.4 Å². The van der Waals surface area contributed by atoms with Crippen molar-refractivity contribution in [3.63, 3.8) is 0 Å². The molecule has 13 heavy (non-hydrogen) atoms. The van der Waals surface area contributed by atoms with E-state index in [9.17, 15) is 0 Å². The molecular weight excluding hydrogens is 228 g/mol. The van der Waals surface area contributed by atoms with Gasteiger partial charge in [0.05, 0.1) is 0 Å². The first-order chi connectivity index (χ1) is 5.93. The van der Waals surface area contributed by atoms with E-state index in [1.54, 1.807) is 0 Å². The molecule has 0 fully saturated rings. The lowest BCUT2D eigenvalue weighted by Gasteiger charge is -2.26. The molecule has 0 spiro atoms. The van der Waals surface area contributed by atoms with E-state index in [0.717, 1.165) is 6.42 Å². The lowest BCUT2D eigenvalue weighted by atomic mass is 9.84. The minimum atomic E-state index is 0.189. The number of hydrogen-bond donors (Lipinski definition) is 0. The number of hydrogen-bond acceptors (Lipinski definition) is 1. The zero-order valence-corrected chi connectivity index (χ0v) is 10.3. The van der Waals surface area contributed by atoms with Gasteiger partial charge in [-0.25, -0.2) is 0 Å². The van der Waals surface area contributed by atoms with Gasteiger partial charge in [-0.1, -0.05) is 36.7 Å². The van der Waals surface area contributed by atoms with Gasteiger partial charge >= 0.3 is 0 Å². The number of nitrogens with zero attached hydrogens (tertiary/aromatic N) is 2. The zero-order chi connectivity index (χ0) is 10.1. The molecule has 3 heteroatoms. The summed E-state index contributed by atoms with van der Waals surface area (Å²) in [4.78, 5) is 0.539. The largest absolute Gasteiger partial charge is 0.272 e. The maximum atomic E-state index is 4.19. The van der Waals surface area contributed by atoms with Crippen molar-refractivity contribution in [3.05, 3.63) is 18.0 Å². The summed E-state index contributed by atoms with van der Waals surface area (Å²) >= 11 is 3.59. The van der Waals surface area contributed by atoms with Crippen LogP contribution in [0.4, 0.5) is 0 Å².